The normalized spacial score (nSPS) is 9.67. The van der Waals surface area contributed by atoms with Crippen molar-refractivity contribution >= 4 is 11.9 Å². The maximum Gasteiger partial charge on any atom is 0.319 e. The van der Waals surface area contributed by atoms with Crippen molar-refractivity contribution in [3.8, 4) is 0 Å². The molecule has 5 heteroatoms. The van der Waals surface area contributed by atoms with Gasteiger partial charge in [0.25, 0.3) is 0 Å². The van der Waals surface area contributed by atoms with E-state index in [4.69, 9.17) is 0 Å². The Bertz CT molecular complexity index is 227. The second kappa shape index (κ2) is 6.27. The van der Waals surface area contributed by atoms with Gasteiger partial charge in [-0.05, 0) is 6.42 Å². The lowest BCUT2D eigenvalue weighted by Gasteiger charge is -2.26. The molecular weight excluding hydrogens is 194 g/mol. The average Bonchev–Trinajstić information content (AvgIpc) is 2.15. The molecule has 3 amide bonds. The number of urea groups is 1. The lowest BCUT2D eigenvalue weighted by molar-refractivity contribution is -0.129. The minimum atomic E-state index is -0.118. The largest absolute Gasteiger partial charge is 0.347 e. The molecule has 0 rings (SSSR count). The predicted molar refractivity (Wildman–Crippen MR) is 59.6 cm³/mol. The second-order valence-electron chi connectivity index (χ2n) is 3.89. The van der Waals surface area contributed by atoms with Gasteiger partial charge in [-0.25, -0.2) is 4.79 Å². The van der Waals surface area contributed by atoms with Crippen molar-refractivity contribution in [3.05, 3.63) is 0 Å². The van der Waals surface area contributed by atoms with Gasteiger partial charge < -0.3 is 14.7 Å². The van der Waals surface area contributed by atoms with Gasteiger partial charge in [0, 0.05) is 34.7 Å². The fourth-order valence-corrected chi connectivity index (χ4v) is 1.10. The van der Waals surface area contributed by atoms with Crippen molar-refractivity contribution in [2.24, 2.45) is 0 Å². The van der Waals surface area contributed by atoms with Crippen LogP contribution >= 0.6 is 0 Å². The summed E-state index contributed by atoms with van der Waals surface area (Å²) >= 11 is 0. The predicted octanol–water partition coefficient (Wildman–Crippen LogP) is 0.468. The molecule has 0 bridgehead atoms. The van der Waals surface area contributed by atoms with Crippen molar-refractivity contribution in [1.29, 1.82) is 0 Å². The van der Waals surface area contributed by atoms with Crippen LogP contribution in [-0.4, -0.2) is 67.9 Å². The molecule has 0 unspecified atom stereocenters. The van der Waals surface area contributed by atoms with Crippen LogP contribution in [0.3, 0.4) is 0 Å². The van der Waals surface area contributed by atoms with Gasteiger partial charge in [0.1, 0.15) is 6.54 Å². The fraction of sp³-hybridized carbons (Fsp3) is 0.800. The van der Waals surface area contributed by atoms with E-state index < -0.39 is 0 Å². The van der Waals surface area contributed by atoms with E-state index in [1.165, 1.54) is 9.80 Å². The van der Waals surface area contributed by atoms with E-state index in [0.717, 1.165) is 6.42 Å². The van der Waals surface area contributed by atoms with E-state index in [-0.39, 0.29) is 18.5 Å². The summed E-state index contributed by atoms with van der Waals surface area (Å²) in [5.74, 6) is -0.0568. The van der Waals surface area contributed by atoms with Gasteiger partial charge in [0.05, 0.1) is 0 Å². The third-order valence-corrected chi connectivity index (χ3v) is 1.97. The number of nitrogens with zero attached hydrogens (tertiary/aromatic N) is 3. The molecule has 5 nitrogen and oxygen atoms in total. The standard InChI is InChI=1S/C10H21N3O2/c1-6-7-13(10(15)12(4)5)8-9(14)11(2)3/h6-8H2,1-5H3. The molecule has 0 aromatic heterocycles. The number of carbonyl (C=O) groups is 2. The summed E-state index contributed by atoms with van der Waals surface area (Å²) in [6, 6.07) is -0.118. The molecule has 0 aliphatic heterocycles. The summed E-state index contributed by atoms with van der Waals surface area (Å²) in [6.45, 7) is 2.74. The summed E-state index contributed by atoms with van der Waals surface area (Å²) in [6.07, 6.45) is 0.848. The van der Waals surface area contributed by atoms with Gasteiger partial charge in [0.2, 0.25) is 5.91 Å². The van der Waals surface area contributed by atoms with Gasteiger partial charge in [0.15, 0.2) is 0 Å². The van der Waals surface area contributed by atoms with Crippen LogP contribution < -0.4 is 0 Å². The van der Waals surface area contributed by atoms with Crippen molar-refractivity contribution in [2.45, 2.75) is 13.3 Å². The van der Waals surface area contributed by atoms with Gasteiger partial charge >= 0.3 is 6.03 Å². The monoisotopic (exact) mass is 215 g/mol. The zero-order chi connectivity index (χ0) is 12.0. The molecule has 0 radical (unpaired) electrons. The molecule has 0 spiro atoms. The Morgan fingerprint density at radius 2 is 1.53 bits per heavy atom. The van der Waals surface area contributed by atoms with Crippen LogP contribution in [0, 0.1) is 0 Å². The molecule has 88 valence electrons. The lowest BCUT2D eigenvalue weighted by Crippen LogP contribution is -2.45. The van der Waals surface area contributed by atoms with E-state index >= 15 is 0 Å². The van der Waals surface area contributed by atoms with Crippen LogP contribution in [0.25, 0.3) is 0 Å². The number of rotatable bonds is 4. The minimum absolute atomic E-state index is 0.0568. The van der Waals surface area contributed by atoms with E-state index in [1.807, 2.05) is 6.92 Å². The van der Waals surface area contributed by atoms with Crippen molar-refractivity contribution in [2.75, 3.05) is 41.3 Å². The molecule has 0 aromatic carbocycles. The summed E-state index contributed by atoms with van der Waals surface area (Å²) in [5, 5.41) is 0. The molecule has 0 heterocycles. The quantitative estimate of drug-likeness (QED) is 0.684. The average molecular weight is 215 g/mol. The summed E-state index contributed by atoms with van der Waals surface area (Å²) < 4.78 is 0. The first kappa shape index (κ1) is 13.7. The number of hydrogen-bond donors (Lipinski definition) is 0. The van der Waals surface area contributed by atoms with Crippen molar-refractivity contribution in [3.63, 3.8) is 0 Å². The highest BCUT2D eigenvalue weighted by Gasteiger charge is 2.18. The van der Waals surface area contributed by atoms with Gasteiger partial charge in [-0.15, -0.1) is 0 Å². The number of likely N-dealkylation sites (N-methyl/N-ethyl adjacent to an activating group) is 1. The van der Waals surface area contributed by atoms with Gasteiger partial charge in [-0.1, -0.05) is 6.92 Å². The molecule has 0 fully saturated rings. The molecule has 0 aromatic rings. The summed E-state index contributed by atoms with van der Waals surface area (Å²) in [4.78, 5) is 27.7. The third kappa shape index (κ3) is 4.67. The Balaban J connectivity index is 4.40. The van der Waals surface area contributed by atoms with Crippen LogP contribution in [-0.2, 0) is 4.79 Å². The van der Waals surface area contributed by atoms with Crippen molar-refractivity contribution < 1.29 is 9.59 Å². The van der Waals surface area contributed by atoms with Gasteiger partial charge in [-0.3, -0.25) is 4.79 Å². The highest BCUT2D eigenvalue weighted by molar-refractivity contribution is 5.83. The number of carbonyl (C=O) groups excluding carboxylic acids is 2. The van der Waals surface area contributed by atoms with Crippen LogP contribution in [0.15, 0.2) is 0 Å². The molecular formula is C10H21N3O2. The Hall–Kier alpha value is -1.26. The maximum atomic E-state index is 11.7. The zero-order valence-corrected chi connectivity index (χ0v) is 10.3. The Kier molecular flexibility index (Phi) is 5.74. The Morgan fingerprint density at radius 3 is 1.87 bits per heavy atom. The van der Waals surface area contributed by atoms with Crippen LogP contribution in [0.4, 0.5) is 4.79 Å². The Morgan fingerprint density at radius 1 is 1.00 bits per heavy atom. The van der Waals surface area contributed by atoms with Crippen LogP contribution in [0.5, 0.6) is 0 Å². The van der Waals surface area contributed by atoms with Crippen LogP contribution in [0.2, 0.25) is 0 Å². The van der Waals surface area contributed by atoms with Gasteiger partial charge in [-0.2, -0.15) is 0 Å². The molecule has 0 aliphatic carbocycles. The van der Waals surface area contributed by atoms with Crippen molar-refractivity contribution in [1.82, 2.24) is 14.7 Å². The van der Waals surface area contributed by atoms with E-state index in [9.17, 15) is 9.59 Å². The molecule has 0 saturated heterocycles. The number of amides is 3. The first-order chi connectivity index (χ1) is 6.90. The van der Waals surface area contributed by atoms with Crippen LogP contribution in [0.1, 0.15) is 13.3 Å². The zero-order valence-electron chi connectivity index (χ0n) is 10.3. The smallest absolute Gasteiger partial charge is 0.319 e. The SMILES string of the molecule is CCCN(CC(=O)N(C)C)C(=O)N(C)C. The molecule has 0 N–H and O–H groups in total. The fourth-order valence-electron chi connectivity index (χ4n) is 1.10. The highest BCUT2D eigenvalue weighted by Crippen LogP contribution is 1.98. The third-order valence-electron chi connectivity index (χ3n) is 1.97. The molecule has 0 saturated carbocycles. The van der Waals surface area contributed by atoms with E-state index in [2.05, 4.69) is 0 Å². The highest BCUT2D eigenvalue weighted by atomic mass is 16.2. The number of hydrogen-bond acceptors (Lipinski definition) is 2. The molecule has 0 aliphatic rings. The topological polar surface area (TPSA) is 43.9 Å². The molecule has 0 atom stereocenters. The molecule has 15 heavy (non-hydrogen) atoms. The first-order valence-electron chi connectivity index (χ1n) is 5.06. The second-order valence-corrected chi connectivity index (χ2v) is 3.89. The minimum Gasteiger partial charge on any atom is -0.347 e. The first-order valence-corrected chi connectivity index (χ1v) is 5.06. The van der Waals surface area contributed by atoms with E-state index in [1.54, 1.807) is 33.1 Å². The Labute approximate surface area is 91.6 Å². The van der Waals surface area contributed by atoms with E-state index in [0.29, 0.717) is 6.54 Å². The maximum absolute atomic E-state index is 11.7. The summed E-state index contributed by atoms with van der Waals surface area (Å²) in [7, 11) is 6.75. The summed E-state index contributed by atoms with van der Waals surface area (Å²) in [5.41, 5.74) is 0. The lowest BCUT2D eigenvalue weighted by atomic mass is 10.4.